The molecule has 5 heteroatoms. The molecular formula is C15H16Cl2N2O. The Bertz CT molecular complexity index is 588. The second-order valence-corrected chi connectivity index (χ2v) is 5.46. The molecule has 2 rings (SSSR count). The van der Waals surface area contributed by atoms with E-state index in [4.69, 9.17) is 27.9 Å². The topological polar surface area (TPSA) is 34.1 Å². The number of nitrogens with one attached hydrogen (secondary N) is 1. The van der Waals surface area contributed by atoms with Crippen LogP contribution in [0.3, 0.4) is 0 Å². The van der Waals surface area contributed by atoms with Crippen molar-refractivity contribution < 1.29 is 4.74 Å². The first-order valence-electron chi connectivity index (χ1n) is 6.35. The number of pyridine rings is 1. The van der Waals surface area contributed by atoms with E-state index in [0.717, 1.165) is 11.3 Å². The first-order chi connectivity index (χ1) is 9.56. The fourth-order valence-corrected chi connectivity index (χ4v) is 2.17. The fraction of sp³-hybridized carbons (Fsp3) is 0.267. The number of hydrogen-bond donors (Lipinski definition) is 1. The Morgan fingerprint density at radius 2 is 2.05 bits per heavy atom. The highest BCUT2D eigenvalue weighted by Crippen LogP contribution is 2.25. The van der Waals surface area contributed by atoms with Crippen LogP contribution in [0.25, 0.3) is 0 Å². The number of hydrogen-bond acceptors (Lipinski definition) is 3. The first kappa shape index (κ1) is 14.9. The summed E-state index contributed by atoms with van der Waals surface area (Å²) in [4.78, 5) is 4.23. The monoisotopic (exact) mass is 310 g/mol. The predicted octanol–water partition coefficient (Wildman–Crippen LogP) is 4.79. The molecule has 20 heavy (non-hydrogen) atoms. The van der Waals surface area contributed by atoms with Crippen LogP contribution in [0, 0.1) is 0 Å². The lowest BCUT2D eigenvalue weighted by atomic mass is 10.2. The lowest BCUT2D eigenvalue weighted by Gasteiger charge is -2.14. The Morgan fingerprint density at radius 1 is 1.25 bits per heavy atom. The van der Waals surface area contributed by atoms with Crippen molar-refractivity contribution in [2.24, 2.45) is 0 Å². The van der Waals surface area contributed by atoms with E-state index in [-0.39, 0.29) is 6.10 Å². The van der Waals surface area contributed by atoms with Crippen molar-refractivity contribution >= 4 is 28.9 Å². The molecule has 0 fully saturated rings. The summed E-state index contributed by atoms with van der Waals surface area (Å²) in [6.07, 6.45) is 1.78. The molecule has 0 aliphatic carbocycles. The van der Waals surface area contributed by atoms with Crippen LogP contribution in [0.1, 0.15) is 19.4 Å². The average molecular weight is 311 g/mol. The zero-order valence-electron chi connectivity index (χ0n) is 11.4. The molecule has 0 saturated carbocycles. The van der Waals surface area contributed by atoms with Gasteiger partial charge in [-0.15, -0.1) is 0 Å². The molecule has 2 aromatic rings. The third kappa shape index (κ3) is 4.02. The van der Waals surface area contributed by atoms with Crippen molar-refractivity contribution in [3.8, 4) is 5.88 Å². The van der Waals surface area contributed by atoms with E-state index in [1.54, 1.807) is 12.3 Å². The largest absolute Gasteiger partial charge is 0.473 e. The van der Waals surface area contributed by atoms with Crippen LogP contribution in [0.4, 0.5) is 5.69 Å². The molecule has 3 nitrogen and oxygen atoms in total. The van der Waals surface area contributed by atoms with Gasteiger partial charge in [0.25, 0.3) is 0 Å². The van der Waals surface area contributed by atoms with Gasteiger partial charge in [0.2, 0.25) is 5.88 Å². The van der Waals surface area contributed by atoms with Crippen LogP contribution >= 0.6 is 23.2 Å². The molecule has 0 spiro atoms. The van der Waals surface area contributed by atoms with Gasteiger partial charge in [0.1, 0.15) is 0 Å². The first-order valence-corrected chi connectivity index (χ1v) is 7.11. The molecular weight excluding hydrogens is 295 g/mol. The van der Waals surface area contributed by atoms with Crippen molar-refractivity contribution in [3.05, 3.63) is 52.1 Å². The SMILES string of the molecule is CC(C)Oc1ncccc1NCc1ccc(Cl)cc1Cl. The summed E-state index contributed by atoms with van der Waals surface area (Å²) in [6, 6.07) is 9.23. The van der Waals surface area contributed by atoms with Crippen molar-refractivity contribution in [2.75, 3.05) is 5.32 Å². The van der Waals surface area contributed by atoms with Gasteiger partial charge in [-0.3, -0.25) is 0 Å². The van der Waals surface area contributed by atoms with Gasteiger partial charge in [-0.2, -0.15) is 0 Å². The van der Waals surface area contributed by atoms with Gasteiger partial charge in [0.15, 0.2) is 0 Å². The summed E-state index contributed by atoms with van der Waals surface area (Å²) in [6.45, 7) is 4.51. The molecule has 0 aliphatic heterocycles. The standard InChI is InChI=1S/C15H16Cl2N2O/c1-10(2)20-15-14(4-3-7-18-15)19-9-11-5-6-12(16)8-13(11)17/h3-8,10,19H,9H2,1-2H3. The van der Waals surface area contributed by atoms with Crippen molar-refractivity contribution in [2.45, 2.75) is 26.5 Å². The summed E-state index contributed by atoms with van der Waals surface area (Å²) in [7, 11) is 0. The molecule has 0 radical (unpaired) electrons. The molecule has 1 aromatic carbocycles. The van der Waals surface area contributed by atoms with E-state index >= 15 is 0 Å². The molecule has 1 N–H and O–H groups in total. The van der Waals surface area contributed by atoms with Gasteiger partial charge < -0.3 is 10.1 Å². The van der Waals surface area contributed by atoms with Crippen molar-refractivity contribution in [1.82, 2.24) is 4.98 Å². The van der Waals surface area contributed by atoms with Crippen LogP contribution in [0.5, 0.6) is 5.88 Å². The van der Waals surface area contributed by atoms with Gasteiger partial charge in [0, 0.05) is 22.8 Å². The third-order valence-corrected chi connectivity index (χ3v) is 3.19. The number of nitrogens with zero attached hydrogens (tertiary/aromatic N) is 1. The van der Waals surface area contributed by atoms with Gasteiger partial charge in [-0.05, 0) is 43.7 Å². The van der Waals surface area contributed by atoms with Crippen LogP contribution in [-0.4, -0.2) is 11.1 Å². The van der Waals surface area contributed by atoms with Gasteiger partial charge >= 0.3 is 0 Å². The zero-order valence-corrected chi connectivity index (χ0v) is 12.9. The van der Waals surface area contributed by atoms with E-state index in [1.807, 2.05) is 38.1 Å². The zero-order chi connectivity index (χ0) is 14.5. The molecule has 106 valence electrons. The molecule has 1 aromatic heterocycles. The van der Waals surface area contributed by atoms with Crippen LogP contribution < -0.4 is 10.1 Å². The maximum Gasteiger partial charge on any atom is 0.237 e. The van der Waals surface area contributed by atoms with Crippen molar-refractivity contribution in [1.29, 1.82) is 0 Å². The smallest absolute Gasteiger partial charge is 0.237 e. The predicted molar refractivity (Wildman–Crippen MR) is 83.8 cm³/mol. The number of aromatic nitrogens is 1. The number of ether oxygens (including phenoxy) is 1. The Morgan fingerprint density at radius 3 is 2.75 bits per heavy atom. The minimum absolute atomic E-state index is 0.0737. The highest BCUT2D eigenvalue weighted by molar-refractivity contribution is 6.35. The number of halogens is 2. The summed E-state index contributed by atoms with van der Waals surface area (Å²) in [5.41, 5.74) is 1.81. The number of benzene rings is 1. The summed E-state index contributed by atoms with van der Waals surface area (Å²) >= 11 is 12.0. The van der Waals surface area contributed by atoms with Crippen LogP contribution in [0.15, 0.2) is 36.5 Å². The van der Waals surface area contributed by atoms with Gasteiger partial charge in [0.05, 0.1) is 11.8 Å². The fourth-order valence-electron chi connectivity index (χ4n) is 1.70. The van der Waals surface area contributed by atoms with E-state index in [0.29, 0.717) is 22.5 Å². The third-order valence-electron chi connectivity index (χ3n) is 2.60. The summed E-state index contributed by atoms with van der Waals surface area (Å²) < 4.78 is 5.66. The van der Waals surface area contributed by atoms with E-state index < -0.39 is 0 Å². The molecule has 0 amide bonds. The van der Waals surface area contributed by atoms with Crippen LogP contribution in [0.2, 0.25) is 10.0 Å². The molecule has 0 bridgehead atoms. The normalized spacial score (nSPS) is 10.7. The molecule has 1 heterocycles. The lowest BCUT2D eigenvalue weighted by Crippen LogP contribution is -2.10. The Kier molecular flexibility index (Phi) is 5.10. The Balaban J connectivity index is 2.10. The quantitative estimate of drug-likeness (QED) is 0.862. The minimum atomic E-state index is 0.0737. The highest BCUT2D eigenvalue weighted by Gasteiger charge is 2.07. The Hall–Kier alpha value is -1.45. The van der Waals surface area contributed by atoms with Gasteiger partial charge in [-0.25, -0.2) is 4.98 Å². The number of rotatable bonds is 5. The lowest BCUT2D eigenvalue weighted by molar-refractivity contribution is 0.234. The van der Waals surface area contributed by atoms with Crippen molar-refractivity contribution in [3.63, 3.8) is 0 Å². The average Bonchev–Trinajstić information content (AvgIpc) is 2.39. The molecule has 0 atom stereocenters. The minimum Gasteiger partial charge on any atom is -0.473 e. The summed E-state index contributed by atoms with van der Waals surface area (Å²) in [5, 5.41) is 4.55. The summed E-state index contributed by atoms with van der Waals surface area (Å²) in [5.74, 6) is 0.590. The second-order valence-electron chi connectivity index (χ2n) is 4.61. The Labute approximate surface area is 128 Å². The highest BCUT2D eigenvalue weighted by atomic mass is 35.5. The maximum absolute atomic E-state index is 6.15. The molecule has 0 unspecified atom stereocenters. The van der Waals surface area contributed by atoms with E-state index in [1.165, 1.54) is 0 Å². The van der Waals surface area contributed by atoms with Crippen LogP contribution in [-0.2, 0) is 6.54 Å². The van der Waals surface area contributed by atoms with Gasteiger partial charge in [-0.1, -0.05) is 29.3 Å². The maximum atomic E-state index is 6.15. The second kappa shape index (κ2) is 6.82. The van der Waals surface area contributed by atoms with E-state index in [2.05, 4.69) is 10.3 Å². The number of anilines is 1. The molecule has 0 saturated heterocycles. The van der Waals surface area contributed by atoms with E-state index in [9.17, 15) is 0 Å². The molecule has 0 aliphatic rings.